The van der Waals surface area contributed by atoms with Crippen LogP contribution in [0.1, 0.15) is 45.1 Å². The third-order valence-corrected chi connectivity index (χ3v) is 2.58. The summed E-state index contributed by atoms with van der Waals surface area (Å²) in [5.74, 6) is -0.841. The molecule has 0 aromatic heterocycles. The fraction of sp³-hybridized carbons (Fsp3) is 0.500. The predicted octanol–water partition coefficient (Wildman–Crippen LogP) is 3.87. The number of esters is 1. The molecule has 0 bridgehead atoms. The molecule has 2 nitrogen and oxygen atoms in total. The molecule has 0 aliphatic heterocycles. The van der Waals surface area contributed by atoms with Crippen molar-refractivity contribution in [2.75, 3.05) is 0 Å². The molecular weight excluding hydrogens is 219 g/mol. The molecule has 0 amide bonds. The minimum Gasteiger partial charge on any atom is -0.423 e. The summed E-state index contributed by atoms with van der Waals surface area (Å²) in [5, 5.41) is 0. The van der Waals surface area contributed by atoms with E-state index in [1.165, 1.54) is 6.07 Å². The average molecular weight is 238 g/mol. The second-order valence-electron chi connectivity index (χ2n) is 4.05. The molecule has 1 rings (SSSR count). The number of ether oxygens (including phenoxy) is 1. The van der Waals surface area contributed by atoms with E-state index >= 15 is 0 Å². The highest BCUT2D eigenvalue weighted by atomic mass is 19.1. The Hall–Kier alpha value is -1.38. The Morgan fingerprint density at radius 3 is 2.71 bits per heavy atom. The third kappa shape index (κ3) is 4.55. The molecule has 3 heteroatoms. The quantitative estimate of drug-likeness (QED) is 0.427. The molecule has 94 valence electrons. The molecule has 1 aromatic carbocycles. The lowest BCUT2D eigenvalue weighted by molar-refractivity contribution is -0.134. The predicted molar refractivity (Wildman–Crippen MR) is 65.6 cm³/mol. The molecular formula is C14H19FO2. The summed E-state index contributed by atoms with van der Waals surface area (Å²) in [6.45, 7) is 3.82. The summed E-state index contributed by atoms with van der Waals surface area (Å²) in [7, 11) is 0. The molecule has 0 saturated heterocycles. The van der Waals surface area contributed by atoms with Gasteiger partial charge in [0.15, 0.2) is 11.6 Å². The first-order chi connectivity index (χ1) is 8.17. The van der Waals surface area contributed by atoms with Gasteiger partial charge in [-0.25, -0.2) is 4.39 Å². The topological polar surface area (TPSA) is 26.3 Å². The number of unbranched alkanes of at least 4 members (excludes halogenated alkanes) is 2. The van der Waals surface area contributed by atoms with Gasteiger partial charge in [0.1, 0.15) is 0 Å². The summed E-state index contributed by atoms with van der Waals surface area (Å²) in [5.41, 5.74) is 1.01. The summed E-state index contributed by atoms with van der Waals surface area (Å²) >= 11 is 0. The average Bonchev–Trinajstić information content (AvgIpc) is 2.33. The van der Waals surface area contributed by atoms with E-state index in [2.05, 4.69) is 6.92 Å². The summed E-state index contributed by atoms with van der Waals surface area (Å²) in [6.07, 6.45) is 4.52. The van der Waals surface area contributed by atoms with Crippen LogP contribution in [0, 0.1) is 5.82 Å². The van der Waals surface area contributed by atoms with Crippen molar-refractivity contribution in [2.24, 2.45) is 0 Å². The lowest BCUT2D eigenvalue weighted by atomic mass is 10.1. The Bertz CT molecular complexity index is 374. The first-order valence-electron chi connectivity index (χ1n) is 6.16. The van der Waals surface area contributed by atoms with E-state index < -0.39 is 11.8 Å². The van der Waals surface area contributed by atoms with Crippen LogP contribution in [0.25, 0.3) is 0 Å². The normalized spacial score (nSPS) is 10.3. The number of halogens is 1. The van der Waals surface area contributed by atoms with Crippen LogP contribution in [0.5, 0.6) is 5.75 Å². The van der Waals surface area contributed by atoms with Crippen molar-refractivity contribution in [1.29, 1.82) is 0 Å². The van der Waals surface area contributed by atoms with Gasteiger partial charge in [-0.05, 0) is 30.5 Å². The number of benzene rings is 1. The van der Waals surface area contributed by atoms with Gasteiger partial charge in [-0.15, -0.1) is 0 Å². The van der Waals surface area contributed by atoms with E-state index in [4.69, 9.17) is 4.74 Å². The Morgan fingerprint density at radius 1 is 1.29 bits per heavy atom. The summed E-state index contributed by atoms with van der Waals surface area (Å²) in [4.78, 5) is 11.1. The first-order valence-corrected chi connectivity index (χ1v) is 6.16. The number of carbonyl (C=O) groups is 1. The maximum absolute atomic E-state index is 13.4. The molecule has 1 aromatic rings. The fourth-order valence-corrected chi connectivity index (χ4v) is 1.56. The van der Waals surface area contributed by atoms with Crippen LogP contribution >= 0.6 is 0 Å². The van der Waals surface area contributed by atoms with Crippen LogP contribution in [0.3, 0.4) is 0 Å². The van der Waals surface area contributed by atoms with Gasteiger partial charge in [-0.2, -0.15) is 0 Å². The van der Waals surface area contributed by atoms with Gasteiger partial charge in [0, 0.05) is 6.42 Å². The van der Waals surface area contributed by atoms with Crippen molar-refractivity contribution in [3.05, 3.63) is 29.6 Å². The molecule has 0 aliphatic rings. The van der Waals surface area contributed by atoms with Crippen molar-refractivity contribution in [1.82, 2.24) is 0 Å². The minimum absolute atomic E-state index is 0.0471. The van der Waals surface area contributed by atoms with E-state index in [-0.39, 0.29) is 12.2 Å². The molecule has 0 atom stereocenters. The summed E-state index contributed by atoms with van der Waals surface area (Å²) in [6, 6.07) is 4.73. The number of aryl methyl sites for hydroxylation is 1. The van der Waals surface area contributed by atoms with Gasteiger partial charge < -0.3 is 4.74 Å². The highest BCUT2D eigenvalue weighted by Crippen LogP contribution is 2.20. The standard InChI is InChI=1S/C14H19FO2/c1-3-5-6-7-11-8-9-12(15)13(10-11)17-14(16)4-2/h8-10H,3-7H2,1-2H3. The van der Waals surface area contributed by atoms with Crippen LogP contribution in [0.15, 0.2) is 18.2 Å². The smallest absolute Gasteiger partial charge is 0.310 e. The summed E-state index contributed by atoms with van der Waals surface area (Å²) < 4.78 is 18.3. The first kappa shape index (κ1) is 13.7. The van der Waals surface area contributed by atoms with Crippen molar-refractivity contribution in [3.63, 3.8) is 0 Å². The highest BCUT2D eigenvalue weighted by molar-refractivity contribution is 5.72. The van der Waals surface area contributed by atoms with E-state index in [1.54, 1.807) is 19.1 Å². The van der Waals surface area contributed by atoms with Crippen molar-refractivity contribution in [2.45, 2.75) is 46.0 Å². The molecule has 0 saturated carbocycles. The monoisotopic (exact) mass is 238 g/mol. The van der Waals surface area contributed by atoms with E-state index in [9.17, 15) is 9.18 Å². The van der Waals surface area contributed by atoms with E-state index in [0.717, 1.165) is 31.2 Å². The van der Waals surface area contributed by atoms with E-state index in [0.29, 0.717) is 0 Å². The maximum Gasteiger partial charge on any atom is 0.310 e. The number of rotatable bonds is 6. The van der Waals surface area contributed by atoms with Gasteiger partial charge in [0.25, 0.3) is 0 Å². The second-order valence-corrected chi connectivity index (χ2v) is 4.05. The van der Waals surface area contributed by atoms with Crippen LogP contribution < -0.4 is 4.74 Å². The molecule has 0 aliphatic carbocycles. The zero-order chi connectivity index (χ0) is 12.7. The van der Waals surface area contributed by atoms with E-state index in [1.807, 2.05) is 0 Å². The second kappa shape index (κ2) is 7.05. The molecule has 0 heterocycles. The maximum atomic E-state index is 13.4. The fourth-order valence-electron chi connectivity index (χ4n) is 1.56. The Labute approximate surface area is 102 Å². The zero-order valence-corrected chi connectivity index (χ0v) is 10.5. The SMILES string of the molecule is CCCCCc1ccc(F)c(OC(=O)CC)c1. The van der Waals surface area contributed by atoms with Gasteiger partial charge in [0.05, 0.1) is 0 Å². The molecule has 0 radical (unpaired) electrons. The van der Waals surface area contributed by atoms with Crippen molar-refractivity contribution < 1.29 is 13.9 Å². The number of hydrogen-bond donors (Lipinski definition) is 0. The van der Waals surface area contributed by atoms with Crippen LogP contribution in [0.4, 0.5) is 4.39 Å². The molecule has 0 unspecified atom stereocenters. The van der Waals surface area contributed by atoms with Crippen molar-refractivity contribution in [3.8, 4) is 5.75 Å². The highest BCUT2D eigenvalue weighted by Gasteiger charge is 2.08. The molecule has 0 spiro atoms. The molecule has 0 N–H and O–H groups in total. The van der Waals surface area contributed by atoms with Crippen LogP contribution in [0.2, 0.25) is 0 Å². The third-order valence-electron chi connectivity index (χ3n) is 2.58. The minimum atomic E-state index is -0.481. The van der Waals surface area contributed by atoms with Gasteiger partial charge in [-0.1, -0.05) is 32.8 Å². The lowest BCUT2D eigenvalue weighted by Gasteiger charge is -2.07. The van der Waals surface area contributed by atoms with Gasteiger partial charge in [0.2, 0.25) is 0 Å². The number of carbonyl (C=O) groups excluding carboxylic acids is 1. The zero-order valence-electron chi connectivity index (χ0n) is 10.5. The molecule has 0 fully saturated rings. The van der Waals surface area contributed by atoms with Crippen molar-refractivity contribution >= 4 is 5.97 Å². The van der Waals surface area contributed by atoms with Gasteiger partial charge in [-0.3, -0.25) is 4.79 Å². The van der Waals surface area contributed by atoms with Crippen LogP contribution in [-0.4, -0.2) is 5.97 Å². The number of hydrogen-bond acceptors (Lipinski definition) is 2. The Kier molecular flexibility index (Phi) is 5.67. The Morgan fingerprint density at radius 2 is 2.06 bits per heavy atom. The molecule has 17 heavy (non-hydrogen) atoms. The van der Waals surface area contributed by atoms with Gasteiger partial charge >= 0.3 is 5.97 Å². The lowest BCUT2D eigenvalue weighted by Crippen LogP contribution is -2.07. The largest absolute Gasteiger partial charge is 0.423 e. The van der Waals surface area contributed by atoms with Crippen LogP contribution in [-0.2, 0) is 11.2 Å². The Balaban J connectivity index is 2.68.